The fourth-order valence-electron chi connectivity index (χ4n) is 3.08. The third kappa shape index (κ3) is 3.66. The Labute approximate surface area is 126 Å². The molecule has 1 aromatic rings. The van der Waals surface area contributed by atoms with Crippen LogP contribution in [0.4, 0.5) is 5.69 Å². The Hall–Kier alpha value is -0.770. The Bertz CT molecular complexity index is 419. The Morgan fingerprint density at radius 2 is 2.10 bits per heavy atom. The zero-order valence-electron chi connectivity index (χ0n) is 12.2. The van der Waals surface area contributed by atoms with E-state index in [0.717, 1.165) is 23.8 Å². The molecule has 0 bridgehead atoms. The van der Waals surface area contributed by atoms with Crippen molar-refractivity contribution in [1.82, 2.24) is 5.32 Å². The van der Waals surface area contributed by atoms with Gasteiger partial charge in [0.15, 0.2) is 0 Å². The third-order valence-electron chi connectivity index (χ3n) is 4.03. The minimum Gasteiger partial charge on any atom is -0.395 e. The van der Waals surface area contributed by atoms with E-state index in [1.54, 1.807) is 0 Å². The lowest BCUT2D eigenvalue weighted by Gasteiger charge is -2.33. The summed E-state index contributed by atoms with van der Waals surface area (Å²) in [4.78, 5) is 2.32. The van der Waals surface area contributed by atoms with Gasteiger partial charge >= 0.3 is 0 Å². The number of hydrogen-bond donors (Lipinski definition) is 2. The molecule has 0 aromatic heterocycles. The van der Waals surface area contributed by atoms with Crippen molar-refractivity contribution >= 4 is 17.3 Å². The molecule has 0 spiro atoms. The molecule has 0 radical (unpaired) electrons. The Kier molecular flexibility index (Phi) is 6.14. The predicted molar refractivity (Wildman–Crippen MR) is 85.5 cm³/mol. The van der Waals surface area contributed by atoms with Crippen LogP contribution < -0.4 is 10.2 Å². The van der Waals surface area contributed by atoms with Crippen LogP contribution in [0.1, 0.15) is 38.2 Å². The van der Waals surface area contributed by atoms with Crippen LogP contribution in [0, 0.1) is 0 Å². The second-order valence-corrected chi connectivity index (χ2v) is 5.79. The summed E-state index contributed by atoms with van der Waals surface area (Å²) >= 11 is 6.47. The van der Waals surface area contributed by atoms with Crippen LogP contribution in [0.15, 0.2) is 18.2 Å². The topological polar surface area (TPSA) is 35.5 Å². The van der Waals surface area contributed by atoms with Crippen molar-refractivity contribution in [3.63, 3.8) is 0 Å². The Morgan fingerprint density at radius 3 is 2.75 bits per heavy atom. The lowest BCUT2D eigenvalue weighted by atomic mass is 10.1. The van der Waals surface area contributed by atoms with Crippen LogP contribution in [0.5, 0.6) is 0 Å². The second kappa shape index (κ2) is 7.87. The van der Waals surface area contributed by atoms with E-state index in [1.165, 1.54) is 31.2 Å². The van der Waals surface area contributed by atoms with Crippen molar-refractivity contribution in [2.75, 3.05) is 24.6 Å². The summed E-state index contributed by atoms with van der Waals surface area (Å²) in [6.07, 6.45) is 4.96. The SMILES string of the molecule is CCNCc1cccc(Cl)c1N(CCO)C1CCCC1. The molecular weight excluding hydrogens is 272 g/mol. The number of benzene rings is 1. The third-order valence-corrected chi connectivity index (χ3v) is 4.33. The van der Waals surface area contributed by atoms with Crippen LogP contribution >= 0.6 is 11.6 Å². The van der Waals surface area contributed by atoms with Gasteiger partial charge in [-0.05, 0) is 31.0 Å². The van der Waals surface area contributed by atoms with Crippen molar-refractivity contribution in [3.05, 3.63) is 28.8 Å². The summed E-state index contributed by atoms with van der Waals surface area (Å²) in [5.74, 6) is 0. The largest absolute Gasteiger partial charge is 0.395 e. The van der Waals surface area contributed by atoms with E-state index >= 15 is 0 Å². The summed E-state index contributed by atoms with van der Waals surface area (Å²) in [7, 11) is 0. The summed E-state index contributed by atoms with van der Waals surface area (Å²) < 4.78 is 0. The zero-order chi connectivity index (χ0) is 14.4. The van der Waals surface area contributed by atoms with Crippen LogP contribution in [-0.4, -0.2) is 30.8 Å². The molecule has 0 amide bonds. The van der Waals surface area contributed by atoms with E-state index in [9.17, 15) is 5.11 Å². The number of nitrogens with one attached hydrogen (secondary N) is 1. The van der Waals surface area contributed by atoms with Crippen LogP contribution in [0.25, 0.3) is 0 Å². The van der Waals surface area contributed by atoms with E-state index in [2.05, 4.69) is 23.2 Å². The van der Waals surface area contributed by atoms with Crippen LogP contribution in [0.2, 0.25) is 5.02 Å². The standard InChI is InChI=1S/C16H25ClN2O/c1-2-18-12-13-6-5-9-15(17)16(13)19(10-11-20)14-7-3-4-8-14/h5-6,9,14,18,20H,2-4,7-8,10-12H2,1H3. The molecule has 1 aromatic carbocycles. The molecule has 0 atom stereocenters. The highest BCUT2D eigenvalue weighted by Crippen LogP contribution is 2.35. The summed E-state index contributed by atoms with van der Waals surface area (Å²) in [6.45, 7) is 4.69. The average Bonchev–Trinajstić information content (AvgIpc) is 2.97. The van der Waals surface area contributed by atoms with Crippen molar-refractivity contribution in [1.29, 1.82) is 0 Å². The molecule has 112 valence electrons. The van der Waals surface area contributed by atoms with Gasteiger partial charge in [-0.1, -0.05) is 43.5 Å². The molecule has 1 aliphatic carbocycles. The fraction of sp³-hybridized carbons (Fsp3) is 0.625. The van der Waals surface area contributed by atoms with Crippen molar-refractivity contribution in [3.8, 4) is 0 Å². The highest BCUT2D eigenvalue weighted by Gasteiger charge is 2.25. The van der Waals surface area contributed by atoms with Gasteiger partial charge in [-0.25, -0.2) is 0 Å². The molecule has 0 unspecified atom stereocenters. The van der Waals surface area contributed by atoms with E-state index in [0.29, 0.717) is 12.6 Å². The zero-order valence-corrected chi connectivity index (χ0v) is 13.0. The number of halogens is 1. The number of rotatable bonds is 7. The quantitative estimate of drug-likeness (QED) is 0.811. The number of hydrogen-bond acceptors (Lipinski definition) is 3. The number of aliphatic hydroxyl groups excluding tert-OH is 1. The lowest BCUT2D eigenvalue weighted by Crippen LogP contribution is -2.37. The summed E-state index contributed by atoms with van der Waals surface area (Å²) in [6, 6.07) is 6.60. The first-order valence-corrected chi connectivity index (χ1v) is 8.01. The van der Waals surface area contributed by atoms with Gasteiger partial charge in [-0.3, -0.25) is 0 Å². The molecule has 1 aliphatic rings. The molecule has 2 rings (SSSR count). The van der Waals surface area contributed by atoms with Gasteiger partial charge in [-0.15, -0.1) is 0 Å². The summed E-state index contributed by atoms with van der Waals surface area (Å²) in [5.41, 5.74) is 2.33. The van der Waals surface area contributed by atoms with Gasteiger partial charge in [0, 0.05) is 19.1 Å². The van der Waals surface area contributed by atoms with Crippen LogP contribution in [-0.2, 0) is 6.54 Å². The maximum atomic E-state index is 9.42. The van der Waals surface area contributed by atoms with Gasteiger partial charge in [0.1, 0.15) is 0 Å². The monoisotopic (exact) mass is 296 g/mol. The first-order chi connectivity index (χ1) is 9.77. The number of aliphatic hydroxyl groups is 1. The maximum Gasteiger partial charge on any atom is 0.0643 e. The minimum atomic E-state index is 0.169. The van der Waals surface area contributed by atoms with Gasteiger partial charge in [0.05, 0.1) is 17.3 Å². The Balaban J connectivity index is 2.29. The molecule has 4 heteroatoms. The molecule has 20 heavy (non-hydrogen) atoms. The second-order valence-electron chi connectivity index (χ2n) is 5.38. The summed E-state index contributed by atoms with van der Waals surface area (Å²) in [5, 5.41) is 13.6. The normalized spacial score (nSPS) is 15.8. The Morgan fingerprint density at radius 1 is 1.35 bits per heavy atom. The van der Waals surface area contributed by atoms with Crippen molar-refractivity contribution in [2.24, 2.45) is 0 Å². The predicted octanol–water partition coefficient (Wildman–Crippen LogP) is 3.19. The van der Waals surface area contributed by atoms with Gasteiger partial charge in [0.2, 0.25) is 0 Å². The van der Waals surface area contributed by atoms with Gasteiger partial charge in [-0.2, -0.15) is 0 Å². The van der Waals surface area contributed by atoms with Crippen LogP contribution in [0.3, 0.4) is 0 Å². The fourth-order valence-corrected chi connectivity index (χ4v) is 3.39. The molecule has 0 saturated heterocycles. The number of nitrogens with zero attached hydrogens (tertiary/aromatic N) is 1. The molecule has 3 nitrogen and oxygen atoms in total. The van der Waals surface area contributed by atoms with E-state index < -0.39 is 0 Å². The molecule has 1 saturated carbocycles. The molecular formula is C16H25ClN2O. The van der Waals surface area contributed by atoms with Crippen molar-refractivity contribution < 1.29 is 5.11 Å². The van der Waals surface area contributed by atoms with Gasteiger partial charge < -0.3 is 15.3 Å². The lowest BCUT2D eigenvalue weighted by molar-refractivity contribution is 0.297. The minimum absolute atomic E-state index is 0.169. The first-order valence-electron chi connectivity index (χ1n) is 7.63. The van der Waals surface area contributed by atoms with E-state index in [-0.39, 0.29) is 6.61 Å². The van der Waals surface area contributed by atoms with E-state index in [1.807, 2.05) is 12.1 Å². The number of para-hydroxylation sites is 1. The number of anilines is 1. The first kappa shape index (κ1) is 15.6. The molecule has 2 N–H and O–H groups in total. The highest BCUT2D eigenvalue weighted by atomic mass is 35.5. The molecule has 0 heterocycles. The average molecular weight is 297 g/mol. The van der Waals surface area contributed by atoms with Crippen molar-refractivity contribution in [2.45, 2.75) is 45.2 Å². The highest BCUT2D eigenvalue weighted by molar-refractivity contribution is 6.33. The molecule has 1 fully saturated rings. The smallest absolute Gasteiger partial charge is 0.0643 e. The maximum absolute atomic E-state index is 9.42. The van der Waals surface area contributed by atoms with Gasteiger partial charge in [0.25, 0.3) is 0 Å². The van der Waals surface area contributed by atoms with E-state index in [4.69, 9.17) is 11.6 Å². The molecule has 0 aliphatic heterocycles.